The van der Waals surface area contributed by atoms with Gasteiger partial charge in [0.15, 0.2) is 11.6 Å². The Bertz CT molecular complexity index is 508. The summed E-state index contributed by atoms with van der Waals surface area (Å²) in [6.45, 7) is 0. The summed E-state index contributed by atoms with van der Waals surface area (Å²) < 4.78 is 32.2. The minimum atomic E-state index is -1.20. The van der Waals surface area contributed by atoms with Gasteiger partial charge in [-0.3, -0.25) is 0 Å². The van der Waals surface area contributed by atoms with Crippen LogP contribution in [0.15, 0.2) is 12.1 Å². The summed E-state index contributed by atoms with van der Waals surface area (Å²) in [7, 11) is 1.12. The highest BCUT2D eigenvalue weighted by Crippen LogP contribution is 2.25. The van der Waals surface area contributed by atoms with Gasteiger partial charge in [-0.1, -0.05) is 12.8 Å². The molecule has 0 amide bonds. The van der Waals surface area contributed by atoms with Crippen molar-refractivity contribution < 1.29 is 18.3 Å². The Hall–Kier alpha value is -1.69. The van der Waals surface area contributed by atoms with Crippen LogP contribution in [0.3, 0.4) is 0 Å². The molecule has 4 nitrogen and oxygen atoms in total. The van der Waals surface area contributed by atoms with Gasteiger partial charge in [0.05, 0.1) is 18.4 Å². The van der Waals surface area contributed by atoms with E-state index in [0.717, 1.165) is 32.8 Å². The molecular formula is C14H18F2N2O2. The van der Waals surface area contributed by atoms with Crippen LogP contribution in [-0.2, 0) is 4.74 Å². The minimum Gasteiger partial charge on any atom is -0.465 e. The molecule has 1 saturated carbocycles. The fourth-order valence-electron chi connectivity index (χ4n) is 2.47. The lowest BCUT2D eigenvalue weighted by molar-refractivity contribution is 0.0594. The van der Waals surface area contributed by atoms with Crippen molar-refractivity contribution >= 4 is 11.7 Å². The van der Waals surface area contributed by atoms with Crippen LogP contribution in [0.4, 0.5) is 14.5 Å². The molecule has 2 rings (SSSR count). The number of nitrogens with one attached hydrogen (secondary N) is 1. The first-order valence-corrected chi connectivity index (χ1v) is 6.63. The van der Waals surface area contributed by atoms with Crippen LogP contribution in [-0.4, -0.2) is 25.2 Å². The van der Waals surface area contributed by atoms with Gasteiger partial charge in [0.2, 0.25) is 0 Å². The van der Waals surface area contributed by atoms with Crippen LogP contribution in [0.25, 0.3) is 0 Å². The molecule has 110 valence electrons. The maximum atomic E-state index is 14.0. The first-order chi connectivity index (χ1) is 9.54. The molecule has 0 radical (unpaired) electrons. The largest absolute Gasteiger partial charge is 0.465 e. The molecule has 0 spiro atoms. The van der Waals surface area contributed by atoms with E-state index >= 15 is 0 Å². The molecule has 1 aliphatic carbocycles. The van der Waals surface area contributed by atoms with Gasteiger partial charge in [-0.25, -0.2) is 13.6 Å². The van der Waals surface area contributed by atoms with E-state index in [1.165, 1.54) is 12.1 Å². The first-order valence-electron chi connectivity index (χ1n) is 6.63. The second-order valence-electron chi connectivity index (χ2n) is 4.98. The molecule has 1 aromatic rings. The number of ether oxygens (including phenoxy) is 1. The molecule has 6 heteroatoms. The normalized spacial score (nSPS) is 22.4. The number of methoxy groups -OCH3 is 1. The summed E-state index contributed by atoms with van der Waals surface area (Å²) >= 11 is 0. The molecule has 0 unspecified atom stereocenters. The van der Waals surface area contributed by atoms with Crippen molar-refractivity contribution in [1.29, 1.82) is 0 Å². The van der Waals surface area contributed by atoms with Crippen molar-refractivity contribution in [3.63, 3.8) is 0 Å². The van der Waals surface area contributed by atoms with E-state index in [1.54, 1.807) is 0 Å². The predicted molar refractivity (Wildman–Crippen MR) is 71.6 cm³/mol. The summed E-state index contributed by atoms with van der Waals surface area (Å²) in [6.07, 6.45) is 3.75. The van der Waals surface area contributed by atoms with Crippen LogP contribution in [0.5, 0.6) is 0 Å². The van der Waals surface area contributed by atoms with Crippen LogP contribution in [0.1, 0.15) is 36.0 Å². The Morgan fingerprint density at radius 1 is 1.30 bits per heavy atom. The summed E-state index contributed by atoms with van der Waals surface area (Å²) in [5.41, 5.74) is 5.57. The number of hydrogen-bond acceptors (Lipinski definition) is 4. The number of benzene rings is 1. The Morgan fingerprint density at radius 3 is 2.65 bits per heavy atom. The molecule has 0 heterocycles. The van der Waals surface area contributed by atoms with Crippen LogP contribution in [0, 0.1) is 11.6 Å². The van der Waals surface area contributed by atoms with Gasteiger partial charge in [-0.2, -0.15) is 0 Å². The lowest BCUT2D eigenvalue weighted by atomic mass is 9.91. The Morgan fingerprint density at radius 2 is 2.00 bits per heavy atom. The standard InChI is InChI=1S/C14H18F2N2O2/c1-20-14(19)8-6-7-11(13(16)12(8)15)18-10-5-3-2-4-9(10)17/h6-7,9-10,18H,2-5,17H2,1H3/t9-,10-/m1/s1. The number of anilines is 1. The van der Waals surface area contributed by atoms with E-state index in [-0.39, 0.29) is 17.8 Å². The van der Waals surface area contributed by atoms with Crippen LogP contribution >= 0.6 is 0 Å². The van der Waals surface area contributed by atoms with E-state index in [9.17, 15) is 13.6 Å². The third-order valence-electron chi connectivity index (χ3n) is 3.65. The fraction of sp³-hybridized carbons (Fsp3) is 0.500. The molecule has 1 fully saturated rings. The lowest BCUT2D eigenvalue weighted by Gasteiger charge is -2.30. The second kappa shape index (κ2) is 6.17. The lowest BCUT2D eigenvalue weighted by Crippen LogP contribution is -2.42. The topological polar surface area (TPSA) is 64.3 Å². The molecule has 2 atom stereocenters. The number of nitrogens with two attached hydrogens (primary N) is 1. The van der Waals surface area contributed by atoms with Crippen molar-refractivity contribution in [2.24, 2.45) is 5.73 Å². The van der Waals surface area contributed by atoms with E-state index in [4.69, 9.17) is 5.73 Å². The highest BCUT2D eigenvalue weighted by Gasteiger charge is 2.24. The second-order valence-corrected chi connectivity index (χ2v) is 4.98. The molecule has 0 aromatic heterocycles. The Balaban J connectivity index is 2.21. The van der Waals surface area contributed by atoms with Gasteiger partial charge in [0, 0.05) is 12.1 Å². The number of hydrogen-bond donors (Lipinski definition) is 2. The van der Waals surface area contributed by atoms with E-state index < -0.39 is 23.2 Å². The van der Waals surface area contributed by atoms with Gasteiger partial charge in [0.1, 0.15) is 0 Å². The molecular weight excluding hydrogens is 266 g/mol. The number of esters is 1. The van der Waals surface area contributed by atoms with E-state index in [0.29, 0.717) is 0 Å². The average Bonchev–Trinajstić information content (AvgIpc) is 2.45. The van der Waals surface area contributed by atoms with Gasteiger partial charge in [-0.05, 0) is 25.0 Å². The smallest absolute Gasteiger partial charge is 0.340 e. The summed E-state index contributed by atoms with van der Waals surface area (Å²) in [4.78, 5) is 11.3. The van der Waals surface area contributed by atoms with Gasteiger partial charge >= 0.3 is 5.97 Å². The molecule has 0 saturated heterocycles. The zero-order chi connectivity index (χ0) is 14.7. The Labute approximate surface area is 116 Å². The third kappa shape index (κ3) is 2.90. The van der Waals surface area contributed by atoms with Gasteiger partial charge < -0.3 is 15.8 Å². The monoisotopic (exact) mass is 284 g/mol. The van der Waals surface area contributed by atoms with Crippen molar-refractivity contribution in [2.75, 3.05) is 12.4 Å². The number of rotatable bonds is 3. The SMILES string of the molecule is COC(=O)c1ccc(N[C@@H]2CCCC[C@H]2N)c(F)c1F. The van der Waals surface area contributed by atoms with Crippen molar-refractivity contribution in [3.8, 4) is 0 Å². The van der Waals surface area contributed by atoms with Crippen molar-refractivity contribution in [3.05, 3.63) is 29.3 Å². The predicted octanol–water partition coefficient (Wildman–Crippen LogP) is 2.43. The summed E-state index contributed by atoms with van der Waals surface area (Å²) in [6, 6.07) is 2.39. The summed E-state index contributed by atoms with van der Waals surface area (Å²) in [5, 5.41) is 2.93. The van der Waals surface area contributed by atoms with Gasteiger partial charge in [-0.15, -0.1) is 0 Å². The summed E-state index contributed by atoms with van der Waals surface area (Å²) in [5.74, 6) is -3.18. The fourth-order valence-corrected chi connectivity index (χ4v) is 2.47. The quantitative estimate of drug-likeness (QED) is 0.837. The van der Waals surface area contributed by atoms with E-state index in [2.05, 4.69) is 10.1 Å². The first kappa shape index (κ1) is 14.7. The molecule has 1 aliphatic rings. The molecule has 20 heavy (non-hydrogen) atoms. The molecule has 1 aromatic carbocycles. The van der Waals surface area contributed by atoms with Crippen molar-refractivity contribution in [2.45, 2.75) is 37.8 Å². The highest BCUT2D eigenvalue weighted by atomic mass is 19.2. The van der Waals surface area contributed by atoms with Crippen molar-refractivity contribution in [1.82, 2.24) is 0 Å². The third-order valence-corrected chi connectivity index (χ3v) is 3.65. The average molecular weight is 284 g/mol. The maximum absolute atomic E-state index is 14.0. The van der Waals surface area contributed by atoms with Crippen LogP contribution in [0.2, 0.25) is 0 Å². The van der Waals surface area contributed by atoms with E-state index in [1.807, 2.05) is 0 Å². The number of carbonyl (C=O) groups is 1. The zero-order valence-corrected chi connectivity index (χ0v) is 11.3. The Kier molecular flexibility index (Phi) is 4.54. The molecule has 0 aliphatic heterocycles. The number of halogens is 2. The number of carbonyl (C=O) groups excluding carboxylic acids is 1. The van der Waals surface area contributed by atoms with Gasteiger partial charge in [0.25, 0.3) is 0 Å². The maximum Gasteiger partial charge on any atom is 0.340 e. The van der Waals surface area contributed by atoms with Crippen LogP contribution < -0.4 is 11.1 Å². The zero-order valence-electron chi connectivity index (χ0n) is 11.3. The minimum absolute atomic E-state index is 0.0255. The molecule has 3 N–H and O–H groups in total. The highest BCUT2D eigenvalue weighted by molar-refractivity contribution is 5.90. The molecule has 0 bridgehead atoms.